The van der Waals surface area contributed by atoms with E-state index in [0.29, 0.717) is 12.2 Å². The van der Waals surface area contributed by atoms with Gasteiger partial charge in [0.1, 0.15) is 0 Å². The van der Waals surface area contributed by atoms with Crippen LogP contribution in [0.4, 0.5) is 0 Å². The van der Waals surface area contributed by atoms with Crippen LogP contribution < -0.4 is 0 Å². The third-order valence-electron chi connectivity index (χ3n) is 3.05. The molecule has 0 saturated heterocycles. The zero-order chi connectivity index (χ0) is 13.9. The molecule has 0 aliphatic rings. The minimum Gasteiger partial charge on any atom is -0.462 e. The van der Waals surface area contributed by atoms with Crippen LogP contribution in [0.1, 0.15) is 17.3 Å². The molecule has 1 heterocycles. The van der Waals surface area contributed by atoms with Crippen LogP contribution in [-0.2, 0) is 4.74 Å². The number of hydrogen-bond donors (Lipinski definition) is 0. The summed E-state index contributed by atoms with van der Waals surface area (Å²) >= 11 is 1.49. The highest BCUT2D eigenvalue weighted by Gasteiger charge is 2.10. The Bertz CT molecular complexity index is 747. The summed E-state index contributed by atoms with van der Waals surface area (Å²) in [4.78, 5) is 11.6. The zero-order valence-electron chi connectivity index (χ0n) is 11.0. The Balaban J connectivity index is 1.97. The van der Waals surface area contributed by atoms with Gasteiger partial charge in [-0.1, -0.05) is 30.3 Å². The number of nitrogens with zero attached hydrogens (tertiary/aromatic N) is 1. The average Bonchev–Trinajstić information content (AvgIpc) is 2.92. The van der Waals surface area contributed by atoms with E-state index in [1.54, 1.807) is 19.1 Å². The molecule has 3 rings (SSSR count). The highest BCUT2D eigenvalue weighted by atomic mass is 32.1. The lowest BCUT2D eigenvalue weighted by Crippen LogP contribution is -2.03. The number of carbonyl (C=O) groups excluding carboxylic acids is 1. The summed E-state index contributed by atoms with van der Waals surface area (Å²) < 4.78 is 10.6. The van der Waals surface area contributed by atoms with Gasteiger partial charge in [0.25, 0.3) is 0 Å². The fourth-order valence-corrected chi connectivity index (χ4v) is 2.87. The Kier molecular flexibility index (Phi) is 3.48. The lowest BCUT2D eigenvalue weighted by molar-refractivity contribution is 0.0526. The Morgan fingerprint density at radius 3 is 2.65 bits per heavy atom. The molecular weight excluding hydrogens is 270 g/mol. The molecule has 100 valence electrons. The van der Waals surface area contributed by atoms with E-state index in [-0.39, 0.29) is 5.97 Å². The Morgan fingerprint density at radius 1 is 1.15 bits per heavy atom. The average molecular weight is 283 g/mol. The van der Waals surface area contributed by atoms with Crippen LogP contribution in [0.3, 0.4) is 0 Å². The lowest BCUT2D eigenvalue weighted by Gasteiger charge is -2.03. The minimum atomic E-state index is -0.290. The molecule has 3 aromatic rings. The third kappa shape index (κ3) is 2.30. The molecule has 0 unspecified atom stereocenters. The lowest BCUT2D eigenvalue weighted by atomic mass is 10.1. The van der Waals surface area contributed by atoms with E-state index in [9.17, 15) is 4.79 Å². The van der Waals surface area contributed by atoms with E-state index < -0.39 is 0 Å². The zero-order valence-corrected chi connectivity index (χ0v) is 11.8. The van der Waals surface area contributed by atoms with Gasteiger partial charge < -0.3 is 4.74 Å². The fourth-order valence-electron chi connectivity index (χ4n) is 2.07. The summed E-state index contributed by atoms with van der Waals surface area (Å²) in [6.07, 6.45) is 0. The van der Waals surface area contributed by atoms with E-state index in [4.69, 9.17) is 4.74 Å². The molecular formula is C16H13NO2S. The quantitative estimate of drug-likeness (QED) is 0.678. The molecule has 0 spiro atoms. The number of esters is 1. The summed E-state index contributed by atoms with van der Waals surface area (Å²) in [5.74, 6) is -0.290. The van der Waals surface area contributed by atoms with Gasteiger partial charge in [-0.15, -0.1) is 0 Å². The highest BCUT2D eigenvalue weighted by molar-refractivity contribution is 7.13. The van der Waals surface area contributed by atoms with Gasteiger partial charge in [0.15, 0.2) is 0 Å². The van der Waals surface area contributed by atoms with Gasteiger partial charge in [-0.05, 0) is 36.7 Å². The SMILES string of the molecule is CCOC(=O)c1ccc(-c2nsc3ccccc23)cc1. The van der Waals surface area contributed by atoms with Crippen molar-refractivity contribution in [3.63, 3.8) is 0 Å². The molecule has 0 aliphatic heterocycles. The molecule has 3 nitrogen and oxygen atoms in total. The number of ether oxygens (including phenoxy) is 1. The third-order valence-corrected chi connectivity index (χ3v) is 3.87. The molecule has 0 amide bonds. The van der Waals surface area contributed by atoms with Crippen LogP contribution in [0.15, 0.2) is 48.5 Å². The van der Waals surface area contributed by atoms with Crippen LogP contribution in [-0.4, -0.2) is 16.9 Å². The van der Waals surface area contributed by atoms with Crippen molar-refractivity contribution >= 4 is 27.6 Å². The van der Waals surface area contributed by atoms with Crippen molar-refractivity contribution < 1.29 is 9.53 Å². The topological polar surface area (TPSA) is 39.2 Å². The molecule has 0 saturated carbocycles. The molecule has 0 radical (unpaired) electrons. The first-order valence-electron chi connectivity index (χ1n) is 6.41. The largest absolute Gasteiger partial charge is 0.462 e. The van der Waals surface area contributed by atoms with E-state index in [1.807, 2.05) is 24.3 Å². The summed E-state index contributed by atoms with van der Waals surface area (Å²) in [6.45, 7) is 2.19. The smallest absolute Gasteiger partial charge is 0.338 e. The van der Waals surface area contributed by atoms with Crippen molar-refractivity contribution in [2.24, 2.45) is 0 Å². The predicted molar refractivity (Wildman–Crippen MR) is 81.0 cm³/mol. The fraction of sp³-hybridized carbons (Fsp3) is 0.125. The van der Waals surface area contributed by atoms with E-state index in [1.165, 1.54) is 11.5 Å². The second-order valence-corrected chi connectivity index (χ2v) is 5.13. The van der Waals surface area contributed by atoms with Gasteiger partial charge in [0, 0.05) is 10.9 Å². The van der Waals surface area contributed by atoms with Crippen LogP contribution in [0.5, 0.6) is 0 Å². The van der Waals surface area contributed by atoms with Crippen LogP contribution >= 0.6 is 11.5 Å². The van der Waals surface area contributed by atoms with Crippen molar-refractivity contribution in [1.29, 1.82) is 0 Å². The first-order valence-corrected chi connectivity index (χ1v) is 7.19. The van der Waals surface area contributed by atoms with Gasteiger partial charge >= 0.3 is 5.97 Å². The van der Waals surface area contributed by atoms with E-state index >= 15 is 0 Å². The van der Waals surface area contributed by atoms with Crippen LogP contribution in [0.2, 0.25) is 0 Å². The maximum absolute atomic E-state index is 11.6. The van der Waals surface area contributed by atoms with Crippen LogP contribution in [0.25, 0.3) is 21.3 Å². The van der Waals surface area contributed by atoms with E-state index in [2.05, 4.69) is 16.5 Å². The molecule has 0 bridgehead atoms. The van der Waals surface area contributed by atoms with Gasteiger partial charge in [-0.3, -0.25) is 0 Å². The number of benzene rings is 2. The Labute approximate surface area is 121 Å². The number of aromatic nitrogens is 1. The summed E-state index contributed by atoms with van der Waals surface area (Å²) in [7, 11) is 0. The molecule has 0 N–H and O–H groups in total. The van der Waals surface area contributed by atoms with Gasteiger partial charge in [0.2, 0.25) is 0 Å². The van der Waals surface area contributed by atoms with Crippen molar-refractivity contribution in [3.8, 4) is 11.3 Å². The van der Waals surface area contributed by atoms with Crippen molar-refractivity contribution in [1.82, 2.24) is 4.37 Å². The number of hydrogen-bond acceptors (Lipinski definition) is 4. The minimum absolute atomic E-state index is 0.290. The molecule has 4 heteroatoms. The molecule has 0 atom stereocenters. The molecule has 0 aliphatic carbocycles. The van der Waals surface area contributed by atoms with Crippen molar-refractivity contribution in [2.45, 2.75) is 6.92 Å². The maximum atomic E-state index is 11.6. The summed E-state index contributed by atoms with van der Waals surface area (Å²) in [6, 6.07) is 15.5. The summed E-state index contributed by atoms with van der Waals surface area (Å²) in [5, 5.41) is 1.14. The van der Waals surface area contributed by atoms with Gasteiger partial charge in [-0.25, -0.2) is 4.79 Å². The van der Waals surface area contributed by atoms with Crippen LogP contribution in [0, 0.1) is 0 Å². The number of carbonyl (C=O) groups is 1. The van der Waals surface area contributed by atoms with E-state index in [0.717, 1.165) is 21.3 Å². The Morgan fingerprint density at radius 2 is 1.90 bits per heavy atom. The summed E-state index contributed by atoms with van der Waals surface area (Å²) in [5.41, 5.74) is 2.53. The first-order chi connectivity index (χ1) is 9.79. The highest BCUT2D eigenvalue weighted by Crippen LogP contribution is 2.30. The number of fused-ring (bicyclic) bond motifs is 1. The normalized spacial score (nSPS) is 10.7. The predicted octanol–water partition coefficient (Wildman–Crippen LogP) is 4.14. The molecule has 20 heavy (non-hydrogen) atoms. The second-order valence-electron chi connectivity index (χ2n) is 4.33. The van der Waals surface area contributed by atoms with Crippen molar-refractivity contribution in [2.75, 3.05) is 6.61 Å². The monoisotopic (exact) mass is 283 g/mol. The van der Waals surface area contributed by atoms with Gasteiger partial charge in [0.05, 0.1) is 22.6 Å². The molecule has 2 aromatic carbocycles. The standard InChI is InChI=1S/C16H13NO2S/c1-2-19-16(18)12-9-7-11(8-10-12)15-13-5-3-4-6-14(13)20-17-15/h3-10H,2H2,1H3. The van der Waals surface area contributed by atoms with Gasteiger partial charge in [-0.2, -0.15) is 4.37 Å². The number of rotatable bonds is 3. The maximum Gasteiger partial charge on any atom is 0.338 e. The Hall–Kier alpha value is -2.20. The second kappa shape index (κ2) is 5.43. The first kappa shape index (κ1) is 12.8. The van der Waals surface area contributed by atoms with Crippen molar-refractivity contribution in [3.05, 3.63) is 54.1 Å². The molecule has 1 aromatic heterocycles. The molecule has 0 fully saturated rings.